The smallest absolute Gasteiger partial charge is 0.265 e. The average molecular weight is 284 g/mol. The number of nitrogens with two attached hydrogens (primary N) is 1. The summed E-state index contributed by atoms with van der Waals surface area (Å²) >= 11 is 1.31. The second-order valence-electron chi connectivity index (χ2n) is 4.56. The highest BCUT2D eigenvalue weighted by Gasteiger charge is 2.28. The second-order valence-corrected chi connectivity index (χ2v) is 5.56. The molecule has 6 heteroatoms. The van der Waals surface area contributed by atoms with E-state index in [1.54, 1.807) is 0 Å². The first kappa shape index (κ1) is 15.8. The Hall–Kier alpha value is -1.30. The molecule has 1 amide bonds. The summed E-state index contributed by atoms with van der Waals surface area (Å²) in [4.78, 5) is 17.0. The number of thiazole rings is 1. The summed E-state index contributed by atoms with van der Waals surface area (Å²) in [6.45, 7) is 9.01. The predicted octanol–water partition coefficient (Wildman–Crippen LogP) is 2.86. The van der Waals surface area contributed by atoms with Crippen LogP contribution in [-0.4, -0.2) is 23.0 Å². The molecule has 1 rings (SSSR count). The largest absolute Gasteiger partial charge is 0.382 e. The lowest BCUT2D eigenvalue weighted by Crippen LogP contribution is -2.47. The molecule has 1 aromatic rings. The quantitative estimate of drug-likeness (QED) is 0.719. The number of amides is 1. The number of carbonyl (C=O) groups is 1. The van der Waals surface area contributed by atoms with Crippen molar-refractivity contribution in [1.29, 1.82) is 0 Å². The van der Waals surface area contributed by atoms with Crippen LogP contribution < -0.4 is 16.4 Å². The summed E-state index contributed by atoms with van der Waals surface area (Å²) in [5, 5.41) is 6.89. The number of hydrogen-bond acceptors (Lipinski definition) is 5. The average Bonchev–Trinajstić information content (AvgIpc) is 2.77. The Bertz CT molecular complexity index is 418. The summed E-state index contributed by atoms with van der Waals surface area (Å²) in [6, 6.07) is 0. The third-order valence-corrected chi connectivity index (χ3v) is 4.62. The van der Waals surface area contributed by atoms with Crippen molar-refractivity contribution >= 4 is 28.2 Å². The van der Waals surface area contributed by atoms with Crippen LogP contribution in [0.25, 0.3) is 0 Å². The Kier molecular flexibility index (Phi) is 5.60. The van der Waals surface area contributed by atoms with Gasteiger partial charge >= 0.3 is 0 Å². The monoisotopic (exact) mass is 284 g/mol. The molecular formula is C13H24N4OS. The number of hydrogen-bond donors (Lipinski definition) is 3. The van der Waals surface area contributed by atoms with Crippen molar-refractivity contribution in [2.75, 3.05) is 17.6 Å². The Morgan fingerprint density at radius 2 is 1.84 bits per heavy atom. The number of rotatable bonds is 7. The fourth-order valence-electron chi connectivity index (χ4n) is 2.03. The van der Waals surface area contributed by atoms with Crippen LogP contribution in [-0.2, 0) is 0 Å². The van der Waals surface area contributed by atoms with Crippen LogP contribution in [0.2, 0.25) is 0 Å². The zero-order valence-corrected chi connectivity index (χ0v) is 13.0. The number of aromatic nitrogens is 1. The van der Waals surface area contributed by atoms with Gasteiger partial charge in [-0.15, -0.1) is 0 Å². The molecule has 0 aromatic carbocycles. The molecule has 19 heavy (non-hydrogen) atoms. The van der Waals surface area contributed by atoms with Gasteiger partial charge in [0, 0.05) is 12.1 Å². The molecule has 1 heterocycles. The molecule has 0 radical (unpaired) electrons. The van der Waals surface area contributed by atoms with Crippen molar-refractivity contribution in [3.8, 4) is 0 Å². The molecule has 0 fully saturated rings. The zero-order valence-electron chi connectivity index (χ0n) is 12.2. The number of nitrogens with zero attached hydrogens (tertiary/aromatic N) is 1. The van der Waals surface area contributed by atoms with Gasteiger partial charge < -0.3 is 16.4 Å². The fraction of sp³-hybridized carbons (Fsp3) is 0.692. The van der Waals surface area contributed by atoms with Crippen LogP contribution in [0.5, 0.6) is 0 Å². The third kappa shape index (κ3) is 3.59. The summed E-state index contributed by atoms with van der Waals surface area (Å²) in [6.07, 6.45) is 2.72. The summed E-state index contributed by atoms with van der Waals surface area (Å²) < 4.78 is 0. The van der Waals surface area contributed by atoms with Gasteiger partial charge in [-0.05, 0) is 26.2 Å². The number of nitrogens with one attached hydrogen (secondary N) is 2. The Labute approximate surface area is 119 Å². The second kappa shape index (κ2) is 6.75. The van der Waals surface area contributed by atoms with E-state index in [-0.39, 0.29) is 11.4 Å². The van der Waals surface area contributed by atoms with Crippen molar-refractivity contribution in [2.45, 2.75) is 52.5 Å². The topological polar surface area (TPSA) is 80.0 Å². The van der Waals surface area contributed by atoms with Gasteiger partial charge in [0.05, 0.1) is 0 Å². The molecule has 0 aliphatic rings. The third-order valence-electron chi connectivity index (χ3n) is 3.60. The van der Waals surface area contributed by atoms with Gasteiger partial charge in [0.1, 0.15) is 10.7 Å². The predicted molar refractivity (Wildman–Crippen MR) is 81.8 cm³/mol. The van der Waals surface area contributed by atoms with Crippen molar-refractivity contribution in [2.24, 2.45) is 0 Å². The van der Waals surface area contributed by atoms with E-state index in [9.17, 15) is 4.79 Å². The Morgan fingerprint density at radius 3 is 2.32 bits per heavy atom. The minimum absolute atomic E-state index is 0.121. The van der Waals surface area contributed by atoms with Crippen LogP contribution >= 0.6 is 11.3 Å². The maximum Gasteiger partial charge on any atom is 0.265 e. The highest BCUT2D eigenvalue weighted by Crippen LogP contribution is 2.27. The van der Waals surface area contributed by atoms with E-state index in [1.807, 2.05) is 6.92 Å². The highest BCUT2D eigenvalue weighted by molar-refractivity contribution is 7.18. The fourth-order valence-corrected chi connectivity index (χ4v) is 2.88. The lowest BCUT2D eigenvalue weighted by atomic mass is 9.90. The van der Waals surface area contributed by atoms with Crippen LogP contribution in [0.1, 0.15) is 56.6 Å². The SMILES string of the molecule is CCNc1nc(N)c(C(=O)NC(CC)(CC)CC)s1. The molecule has 0 saturated heterocycles. The lowest BCUT2D eigenvalue weighted by Gasteiger charge is -2.31. The van der Waals surface area contributed by atoms with Gasteiger partial charge in [0.15, 0.2) is 5.13 Å². The van der Waals surface area contributed by atoms with Gasteiger partial charge in [0.2, 0.25) is 0 Å². The Morgan fingerprint density at radius 1 is 1.26 bits per heavy atom. The number of nitrogen functional groups attached to an aromatic ring is 1. The molecular weight excluding hydrogens is 260 g/mol. The summed E-state index contributed by atoms with van der Waals surface area (Å²) in [5.41, 5.74) is 5.67. The Balaban J connectivity index is 2.88. The molecule has 0 aliphatic heterocycles. The van der Waals surface area contributed by atoms with E-state index in [4.69, 9.17) is 5.73 Å². The van der Waals surface area contributed by atoms with Crippen LogP contribution in [0.3, 0.4) is 0 Å². The molecule has 0 saturated carbocycles. The molecule has 108 valence electrons. The molecule has 0 spiro atoms. The van der Waals surface area contributed by atoms with Gasteiger partial charge in [-0.25, -0.2) is 4.98 Å². The van der Waals surface area contributed by atoms with Gasteiger partial charge in [0.25, 0.3) is 5.91 Å². The molecule has 4 N–H and O–H groups in total. The maximum absolute atomic E-state index is 12.3. The molecule has 1 aromatic heterocycles. The van der Waals surface area contributed by atoms with Crippen molar-refractivity contribution < 1.29 is 4.79 Å². The lowest BCUT2D eigenvalue weighted by molar-refractivity contribution is 0.0893. The van der Waals surface area contributed by atoms with E-state index < -0.39 is 0 Å². The minimum Gasteiger partial charge on any atom is -0.382 e. The van der Waals surface area contributed by atoms with Crippen LogP contribution in [0.4, 0.5) is 10.9 Å². The normalized spacial score (nSPS) is 11.4. The molecule has 5 nitrogen and oxygen atoms in total. The highest BCUT2D eigenvalue weighted by atomic mass is 32.1. The van der Waals surface area contributed by atoms with Gasteiger partial charge in [-0.3, -0.25) is 4.79 Å². The minimum atomic E-state index is -0.147. The standard InChI is InChI=1S/C13H24N4OS/c1-5-13(6-2,7-3)17-11(18)9-10(14)16-12(19-9)15-8-4/h5-8,14H2,1-4H3,(H,15,16)(H,17,18). The number of carbonyl (C=O) groups excluding carboxylic acids is 1. The van der Waals surface area contributed by atoms with Crippen molar-refractivity contribution in [3.05, 3.63) is 4.88 Å². The first-order chi connectivity index (χ1) is 9.01. The van der Waals surface area contributed by atoms with Crippen molar-refractivity contribution in [1.82, 2.24) is 10.3 Å². The van der Waals surface area contributed by atoms with E-state index in [1.165, 1.54) is 11.3 Å². The molecule has 0 bridgehead atoms. The van der Waals surface area contributed by atoms with E-state index in [2.05, 4.69) is 36.4 Å². The molecule has 0 unspecified atom stereocenters. The first-order valence-electron chi connectivity index (χ1n) is 6.84. The van der Waals surface area contributed by atoms with E-state index in [0.717, 1.165) is 25.8 Å². The maximum atomic E-state index is 12.3. The van der Waals surface area contributed by atoms with Crippen molar-refractivity contribution in [3.63, 3.8) is 0 Å². The van der Waals surface area contributed by atoms with Crippen LogP contribution in [0, 0.1) is 0 Å². The summed E-state index contributed by atoms with van der Waals surface area (Å²) in [5.74, 6) is 0.181. The number of anilines is 2. The molecule has 0 atom stereocenters. The van der Waals surface area contributed by atoms with Crippen LogP contribution in [0.15, 0.2) is 0 Å². The first-order valence-corrected chi connectivity index (χ1v) is 7.66. The molecule has 0 aliphatic carbocycles. The van der Waals surface area contributed by atoms with Gasteiger partial charge in [-0.2, -0.15) is 0 Å². The van der Waals surface area contributed by atoms with E-state index >= 15 is 0 Å². The van der Waals surface area contributed by atoms with Gasteiger partial charge in [-0.1, -0.05) is 32.1 Å². The van der Waals surface area contributed by atoms with E-state index in [0.29, 0.717) is 15.8 Å². The summed E-state index contributed by atoms with van der Waals surface area (Å²) in [7, 11) is 0. The zero-order chi connectivity index (χ0) is 14.5.